The number of nitrogens with two attached hydrogens (primary N) is 1. The minimum Gasteiger partial charge on any atom is -0.326 e. The summed E-state index contributed by atoms with van der Waals surface area (Å²) in [5, 5.41) is 4.75. The molecule has 1 aromatic heterocycles. The van der Waals surface area contributed by atoms with Crippen molar-refractivity contribution in [1.29, 1.82) is 0 Å². The number of rotatable bonds is 6. The predicted octanol–water partition coefficient (Wildman–Crippen LogP) is 2.95. The van der Waals surface area contributed by atoms with Crippen molar-refractivity contribution < 1.29 is 0 Å². The van der Waals surface area contributed by atoms with E-state index in [-0.39, 0.29) is 0 Å². The fourth-order valence-electron chi connectivity index (χ4n) is 3.39. The monoisotopic (exact) mass is 278 g/mol. The van der Waals surface area contributed by atoms with Gasteiger partial charge in [0.2, 0.25) is 0 Å². The fourth-order valence-corrected chi connectivity index (χ4v) is 3.39. The van der Waals surface area contributed by atoms with Gasteiger partial charge in [-0.05, 0) is 38.8 Å². The lowest BCUT2D eigenvalue weighted by Gasteiger charge is -2.35. The molecule has 0 amide bonds. The Morgan fingerprint density at radius 3 is 2.70 bits per heavy atom. The number of aromatic nitrogens is 2. The van der Waals surface area contributed by atoms with Crippen molar-refractivity contribution in [2.24, 2.45) is 5.73 Å². The maximum atomic E-state index is 6.26. The second-order valence-electron chi connectivity index (χ2n) is 6.19. The van der Waals surface area contributed by atoms with Crippen LogP contribution < -0.4 is 5.73 Å². The topological polar surface area (TPSA) is 47.1 Å². The van der Waals surface area contributed by atoms with E-state index in [4.69, 9.17) is 10.8 Å². The van der Waals surface area contributed by atoms with E-state index in [1.54, 1.807) is 0 Å². The van der Waals surface area contributed by atoms with Crippen LogP contribution in [0.1, 0.15) is 64.1 Å². The number of likely N-dealkylation sites (N-methyl/N-ethyl adjacent to an activating group) is 1. The summed E-state index contributed by atoms with van der Waals surface area (Å²) in [6.45, 7) is 5.36. The fraction of sp³-hybridized carbons (Fsp3) is 0.812. The van der Waals surface area contributed by atoms with Crippen LogP contribution in [0.3, 0.4) is 0 Å². The quantitative estimate of drug-likeness (QED) is 0.870. The molecule has 2 rings (SSSR count). The van der Waals surface area contributed by atoms with Gasteiger partial charge >= 0.3 is 0 Å². The molecule has 4 nitrogen and oxygen atoms in total. The van der Waals surface area contributed by atoms with Crippen molar-refractivity contribution in [1.82, 2.24) is 14.7 Å². The molecular weight excluding hydrogens is 248 g/mol. The van der Waals surface area contributed by atoms with Crippen molar-refractivity contribution in [3.05, 3.63) is 18.0 Å². The normalized spacial score (nSPS) is 23.7. The zero-order valence-corrected chi connectivity index (χ0v) is 13.3. The highest BCUT2D eigenvalue weighted by molar-refractivity contribution is 5.01. The van der Waals surface area contributed by atoms with Gasteiger partial charge < -0.3 is 5.73 Å². The Kier molecular flexibility index (Phi) is 5.61. The third-order valence-corrected chi connectivity index (χ3v) is 4.74. The van der Waals surface area contributed by atoms with E-state index in [1.807, 2.05) is 0 Å². The van der Waals surface area contributed by atoms with Crippen molar-refractivity contribution >= 4 is 0 Å². The molecule has 0 bridgehead atoms. The van der Waals surface area contributed by atoms with Gasteiger partial charge in [0.05, 0.1) is 11.7 Å². The summed E-state index contributed by atoms with van der Waals surface area (Å²) in [4.78, 5) is 2.39. The maximum absolute atomic E-state index is 6.26. The highest BCUT2D eigenvalue weighted by Crippen LogP contribution is 2.22. The van der Waals surface area contributed by atoms with Crippen LogP contribution in [0.2, 0.25) is 0 Å². The molecule has 0 saturated heterocycles. The first kappa shape index (κ1) is 15.5. The third kappa shape index (κ3) is 3.61. The standard InChI is InChI=1S/C16H30N4/c1-4-14(5-2)20-11-10-13(18-20)12-19(3)16-9-7-6-8-15(16)17/h10-11,14-16H,4-9,12,17H2,1-3H3. The van der Waals surface area contributed by atoms with Crippen LogP contribution in [-0.4, -0.2) is 33.8 Å². The number of nitrogens with zero attached hydrogens (tertiary/aromatic N) is 3. The highest BCUT2D eigenvalue weighted by Gasteiger charge is 2.25. The Labute approximate surface area is 123 Å². The lowest BCUT2D eigenvalue weighted by atomic mass is 9.90. The highest BCUT2D eigenvalue weighted by atomic mass is 15.3. The van der Waals surface area contributed by atoms with Gasteiger partial charge in [-0.2, -0.15) is 5.10 Å². The van der Waals surface area contributed by atoms with Gasteiger partial charge in [0.1, 0.15) is 0 Å². The Bertz CT molecular complexity index is 397. The summed E-state index contributed by atoms with van der Waals surface area (Å²) in [5.41, 5.74) is 7.43. The van der Waals surface area contributed by atoms with Crippen molar-refractivity contribution in [2.75, 3.05) is 7.05 Å². The predicted molar refractivity (Wildman–Crippen MR) is 83.5 cm³/mol. The summed E-state index contributed by atoms with van der Waals surface area (Å²) in [5.74, 6) is 0. The van der Waals surface area contributed by atoms with Gasteiger partial charge in [-0.3, -0.25) is 9.58 Å². The summed E-state index contributed by atoms with van der Waals surface area (Å²) < 4.78 is 2.13. The van der Waals surface area contributed by atoms with Gasteiger partial charge in [-0.1, -0.05) is 26.7 Å². The Morgan fingerprint density at radius 1 is 1.35 bits per heavy atom. The molecule has 2 unspecified atom stereocenters. The summed E-state index contributed by atoms with van der Waals surface area (Å²) >= 11 is 0. The van der Waals surface area contributed by atoms with Crippen molar-refractivity contribution in [2.45, 2.75) is 77.0 Å². The lowest BCUT2D eigenvalue weighted by Crippen LogP contribution is -2.47. The molecule has 1 aliphatic rings. The van der Waals surface area contributed by atoms with Crippen LogP contribution in [0.15, 0.2) is 12.3 Å². The minimum absolute atomic E-state index is 0.329. The molecule has 20 heavy (non-hydrogen) atoms. The first-order valence-corrected chi connectivity index (χ1v) is 8.15. The Balaban J connectivity index is 1.95. The van der Waals surface area contributed by atoms with Crippen molar-refractivity contribution in [3.63, 3.8) is 0 Å². The van der Waals surface area contributed by atoms with Gasteiger partial charge in [0.25, 0.3) is 0 Å². The maximum Gasteiger partial charge on any atom is 0.0764 e. The smallest absolute Gasteiger partial charge is 0.0764 e. The van der Waals surface area contributed by atoms with E-state index in [0.717, 1.165) is 31.5 Å². The zero-order chi connectivity index (χ0) is 14.5. The molecule has 4 heteroatoms. The molecule has 1 saturated carbocycles. The second-order valence-corrected chi connectivity index (χ2v) is 6.19. The average molecular weight is 278 g/mol. The summed E-state index contributed by atoms with van der Waals surface area (Å²) in [6.07, 6.45) is 9.39. The van der Waals surface area contributed by atoms with Crippen LogP contribution in [0.25, 0.3) is 0 Å². The van der Waals surface area contributed by atoms with E-state index >= 15 is 0 Å². The minimum atomic E-state index is 0.329. The molecule has 0 radical (unpaired) electrons. The SMILES string of the molecule is CCC(CC)n1ccc(CN(C)C2CCCCC2N)n1. The largest absolute Gasteiger partial charge is 0.326 e. The Hall–Kier alpha value is -0.870. The lowest BCUT2D eigenvalue weighted by molar-refractivity contribution is 0.160. The second kappa shape index (κ2) is 7.23. The zero-order valence-electron chi connectivity index (χ0n) is 13.3. The molecule has 0 aliphatic heterocycles. The van der Waals surface area contributed by atoms with Crippen LogP contribution in [0.4, 0.5) is 0 Å². The molecule has 2 atom stereocenters. The molecule has 0 aromatic carbocycles. The van der Waals surface area contributed by atoms with E-state index in [2.05, 4.69) is 42.7 Å². The van der Waals surface area contributed by atoms with E-state index in [1.165, 1.54) is 19.3 Å². The van der Waals surface area contributed by atoms with Crippen LogP contribution in [-0.2, 0) is 6.54 Å². The molecule has 1 fully saturated rings. The van der Waals surface area contributed by atoms with E-state index < -0.39 is 0 Å². The first-order valence-electron chi connectivity index (χ1n) is 8.15. The molecule has 0 spiro atoms. The molecule has 1 aliphatic carbocycles. The number of hydrogen-bond donors (Lipinski definition) is 1. The summed E-state index contributed by atoms with van der Waals surface area (Å²) in [6, 6.07) is 3.53. The van der Waals surface area contributed by atoms with Gasteiger partial charge in [-0.15, -0.1) is 0 Å². The van der Waals surface area contributed by atoms with Gasteiger partial charge in [-0.25, -0.2) is 0 Å². The van der Waals surface area contributed by atoms with E-state index in [0.29, 0.717) is 18.1 Å². The van der Waals surface area contributed by atoms with Crippen LogP contribution in [0, 0.1) is 0 Å². The molecule has 1 heterocycles. The molecule has 114 valence electrons. The van der Waals surface area contributed by atoms with E-state index in [9.17, 15) is 0 Å². The number of hydrogen-bond acceptors (Lipinski definition) is 3. The average Bonchev–Trinajstić information content (AvgIpc) is 2.89. The first-order chi connectivity index (χ1) is 9.65. The molecule has 2 N–H and O–H groups in total. The van der Waals surface area contributed by atoms with Crippen LogP contribution >= 0.6 is 0 Å². The Morgan fingerprint density at radius 2 is 2.05 bits per heavy atom. The molecular formula is C16H30N4. The van der Waals surface area contributed by atoms with Gasteiger partial charge in [0, 0.05) is 24.8 Å². The van der Waals surface area contributed by atoms with Crippen molar-refractivity contribution in [3.8, 4) is 0 Å². The third-order valence-electron chi connectivity index (χ3n) is 4.74. The van der Waals surface area contributed by atoms with Gasteiger partial charge in [0.15, 0.2) is 0 Å². The molecule has 1 aromatic rings. The van der Waals surface area contributed by atoms with Crippen LogP contribution in [0.5, 0.6) is 0 Å². The summed E-state index contributed by atoms with van der Waals surface area (Å²) in [7, 11) is 2.19.